The molecule has 1 aromatic rings. The zero-order chi connectivity index (χ0) is 17.1. The van der Waals surface area contributed by atoms with Gasteiger partial charge < -0.3 is 14.9 Å². The topological polar surface area (TPSA) is 77.9 Å². The van der Waals surface area contributed by atoms with Crippen molar-refractivity contribution in [1.29, 1.82) is 0 Å². The summed E-state index contributed by atoms with van der Waals surface area (Å²) >= 11 is 0. The minimum absolute atomic E-state index is 0.0450. The third-order valence-electron chi connectivity index (χ3n) is 4.86. The fourth-order valence-electron chi connectivity index (χ4n) is 3.51. The highest BCUT2D eigenvalue weighted by atomic mass is 16.4. The highest BCUT2D eigenvalue weighted by Gasteiger charge is 2.29. The van der Waals surface area contributed by atoms with E-state index in [2.05, 4.69) is 0 Å². The number of carboxylic acid groups (broad SMARTS) is 1. The van der Waals surface area contributed by atoms with Gasteiger partial charge in [0.05, 0.1) is 5.92 Å². The van der Waals surface area contributed by atoms with Gasteiger partial charge in [0.15, 0.2) is 0 Å². The Labute approximate surface area is 141 Å². The summed E-state index contributed by atoms with van der Waals surface area (Å²) in [5.41, 5.74) is 2.03. The molecule has 0 saturated carbocycles. The Morgan fingerprint density at radius 1 is 1.21 bits per heavy atom. The van der Waals surface area contributed by atoms with Gasteiger partial charge in [-0.25, -0.2) is 0 Å². The van der Waals surface area contributed by atoms with E-state index in [1.807, 2.05) is 24.3 Å². The molecule has 1 fully saturated rings. The van der Waals surface area contributed by atoms with Crippen LogP contribution in [0.1, 0.15) is 31.2 Å². The second-order valence-corrected chi connectivity index (χ2v) is 6.44. The molecule has 128 valence electrons. The van der Waals surface area contributed by atoms with Crippen LogP contribution in [0.15, 0.2) is 24.3 Å². The third kappa shape index (κ3) is 3.42. The van der Waals surface area contributed by atoms with Crippen LogP contribution in [-0.2, 0) is 20.8 Å². The van der Waals surface area contributed by atoms with Gasteiger partial charge in [0, 0.05) is 38.2 Å². The number of hydrogen-bond acceptors (Lipinski definition) is 3. The van der Waals surface area contributed by atoms with Gasteiger partial charge in [0.2, 0.25) is 11.8 Å². The Hall–Kier alpha value is -2.37. The molecular weight excluding hydrogens is 308 g/mol. The van der Waals surface area contributed by atoms with Crippen molar-refractivity contribution in [3.05, 3.63) is 29.8 Å². The van der Waals surface area contributed by atoms with Crippen LogP contribution >= 0.6 is 0 Å². The highest BCUT2D eigenvalue weighted by molar-refractivity contribution is 5.97. The molecule has 2 aliphatic heterocycles. The number of carboxylic acids is 1. The van der Waals surface area contributed by atoms with Crippen LogP contribution < -0.4 is 4.90 Å². The molecule has 0 bridgehead atoms. The average molecular weight is 330 g/mol. The van der Waals surface area contributed by atoms with E-state index in [0.717, 1.165) is 17.7 Å². The smallest absolute Gasteiger partial charge is 0.308 e. The van der Waals surface area contributed by atoms with Crippen LogP contribution in [0.5, 0.6) is 0 Å². The maximum Gasteiger partial charge on any atom is 0.308 e. The van der Waals surface area contributed by atoms with Crippen molar-refractivity contribution in [2.24, 2.45) is 5.92 Å². The van der Waals surface area contributed by atoms with Crippen LogP contribution in [0.3, 0.4) is 0 Å². The van der Waals surface area contributed by atoms with Crippen LogP contribution in [-0.4, -0.2) is 47.4 Å². The Morgan fingerprint density at radius 2 is 2.00 bits per heavy atom. The first-order valence-electron chi connectivity index (χ1n) is 8.45. The molecule has 1 aromatic carbocycles. The lowest BCUT2D eigenvalue weighted by atomic mass is 9.98. The molecule has 0 radical (unpaired) electrons. The first kappa shape index (κ1) is 16.5. The fourth-order valence-corrected chi connectivity index (χ4v) is 3.51. The third-order valence-corrected chi connectivity index (χ3v) is 4.86. The van der Waals surface area contributed by atoms with Crippen LogP contribution in [0.2, 0.25) is 0 Å². The number of benzene rings is 1. The number of amides is 2. The molecule has 0 aliphatic carbocycles. The number of fused-ring (bicyclic) bond motifs is 1. The van der Waals surface area contributed by atoms with Gasteiger partial charge in [-0.05, 0) is 30.9 Å². The number of rotatable bonds is 4. The number of aryl methyl sites for hydroxylation is 1. The van der Waals surface area contributed by atoms with Crippen molar-refractivity contribution in [2.75, 3.05) is 24.5 Å². The van der Waals surface area contributed by atoms with Crippen LogP contribution in [0.25, 0.3) is 0 Å². The average Bonchev–Trinajstić information content (AvgIpc) is 2.60. The summed E-state index contributed by atoms with van der Waals surface area (Å²) in [6, 6.07) is 7.78. The first-order chi connectivity index (χ1) is 11.6. The van der Waals surface area contributed by atoms with Gasteiger partial charge in [-0.1, -0.05) is 18.2 Å². The molecule has 0 unspecified atom stereocenters. The monoisotopic (exact) mass is 330 g/mol. The van der Waals surface area contributed by atoms with Gasteiger partial charge >= 0.3 is 5.97 Å². The van der Waals surface area contributed by atoms with Crippen molar-refractivity contribution in [3.8, 4) is 0 Å². The quantitative estimate of drug-likeness (QED) is 0.911. The zero-order valence-electron chi connectivity index (χ0n) is 13.6. The molecule has 0 aromatic heterocycles. The van der Waals surface area contributed by atoms with Crippen LogP contribution in [0.4, 0.5) is 5.69 Å². The lowest BCUT2D eigenvalue weighted by Crippen LogP contribution is -2.44. The van der Waals surface area contributed by atoms with Crippen molar-refractivity contribution in [3.63, 3.8) is 0 Å². The van der Waals surface area contributed by atoms with Gasteiger partial charge in [0.25, 0.3) is 0 Å². The lowest BCUT2D eigenvalue weighted by molar-refractivity contribution is -0.145. The Kier molecular flexibility index (Phi) is 4.83. The number of nitrogens with zero attached hydrogens (tertiary/aromatic N) is 2. The Balaban J connectivity index is 1.62. The fraction of sp³-hybridized carbons (Fsp3) is 0.500. The van der Waals surface area contributed by atoms with Gasteiger partial charge in [-0.15, -0.1) is 0 Å². The number of piperidine rings is 1. The summed E-state index contributed by atoms with van der Waals surface area (Å²) in [5.74, 6) is -1.34. The molecule has 1 atom stereocenters. The molecule has 1 saturated heterocycles. The molecule has 2 amide bonds. The number of carbonyl (C=O) groups excluding carboxylic acids is 2. The second-order valence-electron chi connectivity index (χ2n) is 6.44. The van der Waals surface area contributed by atoms with E-state index >= 15 is 0 Å². The lowest BCUT2D eigenvalue weighted by Gasteiger charge is -2.33. The molecule has 0 spiro atoms. The SMILES string of the molecule is O=C(O)[C@@H]1CCCN(C(=O)CCN2C(=O)CCc3ccccc32)C1. The van der Waals surface area contributed by atoms with Crippen molar-refractivity contribution in [1.82, 2.24) is 4.90 Å². The summed E-state index contributed by atoms with van der Waals surface area (Å²) in [6.07, 6.45) is 2.78. The molecular formula is C18H22N2O4. The predicted molar refractivity (Wildman–Crippen MR) is 88.7 cm³/mol. The van der Waals surface area contributed by atoms with Gasteiger partial charge in [-0.2, -0.15) is 0 Å². The summed E-state index contributed by atoms with van der Waals surface area (Å²) in [6.45, 7) is 1.23. The molecule has 6 nitrogen and oxygen atoms in total. The van der Waals surface area contributed by atoms with Crippen molar-refractivity contribution in [2.45, 2.75) is 32.1 Å². The second kappa shape index (κ2) is 7.03. The minimum Gasteiger partial charge on any atom is -0.481 e. The summed E-state index contributed by atoms with van der Waals surface area (Å²) in [5, 5.41) is 9.12. The highest BCUT2D eigenvalue weighted by Crippen LogP contribution is 2.27. The van der Waals surface area contributed by atoms with Crippen molar-refractivity contribution < 1.29 is 19.5 Å². The van der Waals surface area contributed by atoms with E-state index in [9.17, 15) is 14.4 Å². The minimum atomic E-state index is -0.840. The molecule has 2 heterocycles. The predicted octanol–water partition coefficient (Wildman–Crippen LogP) is 1.68. The molecule has 1 N–H and O–H groups in total. The Bertz CT molecular complexity index is 658. The summed E-state index contributed by atoms with van der Waals surface area (Å²) < 4.78 is 0. The van der Waals surface area contributed by atoms with E-state index in [4.69, 9.17) is 5.11 Å². The number of anilines is 1. The van der Waals surface area contributed by atoms with E-state index in [1.54, 1.807) is 9.80 Å². The number of para-hydroxylation sites is 1. The normalized spacial score (nSPS) is 20.7. The molecule has 2 aliphatic rings. The van der Waals surface area contributed by atoms with E-state index in [1.165, 1.54) is 0 Å². The number of carbonyl (C=O) groups is 3. The van der Waals surface area contributed by atoms with E-state index in [-0.39, 0.29) is 24.8 Å². The van der Waals surface area contributed by atoms with Gasteiger partial charge in [0.1, 0.15) is 0 Å². The standard InChI is InChI=1S/C18H22N2O4/c21-16(19-10-3-5-14(12-19)18(23)24)9-11-20-15-6-2-1-4-13(15)7-8-17(20)22/h1-2,4,6,14H,3,5,7-12H2,(H,23,24)/t14-/m1/s1. The maximum atomic E-state index is 12.4. The van der Waals surface area contributed by atoms with E-state index < -0.39 is 11.9 Å². The Morgan fingerprint density at radius 3 is 2.79 bits per heavy atom. The van der Waals surface area contributed by atoms with Crippen molar-refractivity contribution >= 4 is 23.5 Å². The largest absolute Gasteiger partial charge is 0.481 e. The zero-order valence-corrected chi connectivity index (χ0v) is 13.6. The summed E-state index contributed by atoms with van der Waals surface area (Å²) in [7, 11) is 0. The molecule has 6 heteroatoms. The molecule has 24 heavy (non-hydrogen) atoms. The summed E-state index contributed by atoms with van der Waals surface area (Å²) in [4.78, 5) is 39.1. The van der Waals surface area contributed by atoms with E-state index in [0.29, 0.717) is 32.4 Å². The molecule has 3 rings (SSSR count). The maximum absolute atomic E-state index is 12.4. The number of aliphatic carboxylic acids is 1. The van der Waals surface area contributed by atoms with Crippen LogP contribution in [0, 0.1) is 5.92 Å². The van der Waals surface area contributed by atoms with Gasteiger partial charge in [-0.3, -0.25) is 14.4 Å². The number of likely N-dealkylation sites (tertiary alicyclic amines) is 1. The first-order valence-corrected chi connectivity index (χ1v) is 8.45. The number of hydrogen-bond donors (Lipinski definition) is 1.